The van der Waals surface area contributed by atoms with E-state index in [4.69, 9.17) is 4.74 Å². The van der Waals surface area contributed by atoms with Crippen molar-refractivity contribution in [2.75, 3.05) is 11.9 Å². The number of nitro groups is 2. The quantitative estimate of drug-likeness (QED) is 0.312. The maximum atomic E-state index is 11.2. The molecule has 1 N–H and O–H groups in total. The minimum atomic E-state index is -0.662. The number of nitrogens with zero attached hydrogens (tertiary/aromatic N) is 2. The van der Waals surface area contributed by atoms with Gasteiger partial charge in [-0.05, 0) is 36.8 Å². The van der Waals surface area contributed by atoms with E-state index < -0.39 is 9.85 Å². The van der Waals surface area contributed by atoms with Gasteiger partial charge in [-0.2, -0.15) is 0 Å². The molecule has 0 aliphatic rings. The maximum absolute atomic E-state index is 11.2. The molecule has 2 aromatic carbocycles. The van der Waals surface area contributed by atoms with Gasteiger partial charge in [-0.1, -0.05) is 32.6 Å². The molecule has 2 rings (SSSR count). The Kier molecular flexibility index (Phi) is 7.54. The van der Waals surface area contributed by atoms with Crippen molar-refractivity contribution in [3.63, 3.8) is 0 Å². The van der Waals surface area contributed by atoms with Crippen LogP contribution in [0.25, 0.3) is 0 Å². The van der Waals surface area contributed by atoms with Gasteiger partial charge in [-0.15, -0.1) is 0 Å². The lowest BCUT2D eigenvalue weighted by atomic mass is 10.2. The van der Waals surface area contributed by atoms with Crippen LogP contribution in [0.5, 0.6) is 5.75 Å². The smallest absolute Gasteiger partial charge is 0.299 e. The summed E-state index contributed by atoms with van der Waals surface area (Å²) in [5.74, 6) is 0.731. The fourth-order valence-electron chi connectivity index (χ4n) is 2.58. The van der Waals surface area contributed by atoms with Crippen LogP contribution in [0.15, 0.2) is 42.5 Å². The van der Waals surface area contributed by atoms with Gasteiger partial charge in [0, 0.05) is 11.8 Å². The van der Waals surface area contributed by atoms with Gasteiger partial charge in [0.25, 0.3) is 11.4 Å². The Morgan fingerprint density at radius 1 is 0.926 bits per heavy atom. The Morgan fingerprint density at radius 3 is 2.26 bits per heavy atom. The second-order valence-corrected chi connectivity index (χ2v) is 6.13. The molecular weight excluding hydrogens is 350 g/mol. The van der Waals surface area contributed by atoms with Crippen molar-refractivity contribution < 1.29 is 14.6 Å². The van der Waals surface area contributed by atoms with Crippen LogP contribution in [0.3, 0.4) is 0 Å². The third kappa shape index (κ3) is 6.25. The topological polar surface area (TPSA) is 108 Å². The lowest BCUT2D eigenvalue weighted by Gasteiger charge is -2.09. The minimum absolute atomic E-state index is 0.190. The Hall–Kier alpha value is -3.16. The van der Waals surface area contributed by atoms with Crippen molar-refractivity contribution in [1.29, 1.82) is 0 Å². The number of benzene rings is 2. The highest BCUT2D eigenvalue weighted by molar-refractivity contribution is 5.71. The number of non-ortho nitro benzene ring substituents is 1. The van der Waals surface area contributed by atoms with Gasteiger partial charge in [-0.25, -0.2) is 0 Å². The zero-order chi connectivity index (χ0) is 19.6. The second kappa shape index (κ2) is 10.1. The van der Waals surface area contributed by atoms with Crippen LogP contribution in [0, 0.1) is 20.2 Å². The lowest BCUT2D eigenvalue weighted by Crippen LogP contribution is -1.99. The van der Waals surface area contributed by atoms with Crippen LogP contribution in [0.2, 0.25) is 0 Å². The first-order chi connectivity index (χ1) is 13.0. The molecule has 8 heteroatoms. The normalized spacial score (nSPS) is 10.4. The van der Waals surface area contributed by atoms with E-state index in [0.29, 0.717) is 12.3 Å². The van der Waals surface area contributed by atoms with E-state index in [2.05, 4.69) is 12.2 Å². The molecule has 0 amide bonds. The summed E-state index contributed by atoms with van der Waals surface area (Å²) >= 11 is 0. The van der Waals surface area contributed by atoms with Crippen LogP contribution in [0.4, 0.5) is 22.7 Å². The Morgan fingerprint density at radius 2 is 1.63 bits per heavy atom. The Bertz CT molecular complexity index is 777. The molecule has 0 saturated carbocycles. The maximum Gasteiger partial charge on any atom is 0.299 e. The average Bonchev–Trinajstić information content (AvgIpc) is 2.65. The summed E-state index contributed by atoms with van der Waals surface area (Å²) in [4.78, 5) is 20.7. The molecule has 27 heavy (non-hydrogen) atoms. The van der Waals surface area contributed by atoms with Gasteiger partial charge >= 0.3 is 0 Å². The van der Waals surface area contributed by atoms with Gasteiger partial charge in [0.1, 0.15) is 11.4 Å². The molecule has 0 saturated heterocycles. The molecule has 0 bridgehead atoms. The Labute approximate surface area is 157 Å². The van der Waals surface area contributed by atoms with E-state index in [9.17, 15) is 20.2 Å². The monoisotopic (exact) mass is 373 g/mol. The molecule has 0 aliphatic heterocycles. The number of ether oxygens (including phenoxy) is 1. The fourth-order valence-corrected chi connectivity index (χ4v) is 2.58. The molecule has 144 valence electrons. The summed E-state index contributed by atoms with van der Waals surface area (Å²) in [5.41, 5.74) is 0.143. The SMILES string of the molecule is CCCCCCCOc1ccc(Nc2ccc([N+](=O)[O-])cc2[N+](=O)[O-])cc1. The second-order valence-electron chi connectivity index (χ2n) is 6.13. The molecule has 0 unspecified atom stereocenters. The predicted molar refractivity (Wildman–Crippen MR) is 104 cm³/mol. The largest absolute Gasteiger partial charge is 0.494 e. The summed E-state index contributed by atoms with van der Waals surface area (Å²) in [6, 6.07) is 10.6. The standard InChI is InChI=1S/C19H23N3O5/c1-2-3-4-5-6-13-27-17-10-7-15(8-11-17)20-18-12-9-16(21(23)24)14-19(18)22(25)26/h7-12,14,20H,2-6,13H2,1H3. The molecule has 0 aromatic heterocycles. The highest BCUT2D eigenvalue weighted by atomic mass is 16.6. The number of nitrogens with one attached hydrogen (secondary N) is 1. The van der Waals surface area contributed by atoms with Gasteiger partial charge in [0.2, 0.25) is 0 Å². The number of unbranched alkanes of at least 4 members (excludes halogenated alkanes) is 4. The van der Waals surface area contributed by atoms with Gasteiger partial charge in [0.05, 0.1) is 22.5 Å². The number of nitro benzene ring substituents is 2. The number of rotatable bonds is 11. The third-order valence-corrected chi connectivity index (χ3v) is 4.04. The summed E-state index contributed by atoms with van der Waals surface area (Å²) in [5, 5.41) is 24.9. The highest BCUT2D eigenvalue weighted by Gasteiger charge is 2.19. The van der Waals surface area contributed by atoms with Crippen molar-refractivity contribution in [3.8, 4) is 5.75 Å². The summed E-state index contributed by atoms with van der Waals surface area (Å²) in [6.45, 7) is 2.84. The molecule has 0 heterocycles. The number of anilines is 2. The molecule has 0 fully saturated rings. The van der Waals surface area contributed by atoms with Gasteiger partial charge in [-0.3, -0.25) is 20.2 Å². The van der Waals surface area contributed by atoms with Crippen LogP contribution in [0.1, 0.15) is 39.0 Å². The van der Waals surface area contributed by atoms with E-state index in [1.807, 2.05) is 0 Å². The predicted octanol–water partition coefficient (Wildman–Crippen LogP) is 5.60. The first-order valence-electron chi connectivity index (χ1n) is 8.94. The lowest BCUT2D eigenvalue weighted by molar-refractivity contribution is -0.393. The van der Waals surface area contributed by atoms with Crippen LogP contribution in [-0.4, -0.2) is 16.5 Å². The van der Waals surface area contributed by atoms with Gasteiger partial charge < -0.3 is 10.1 Å². The molecule has 0 atom stereocenters. The van der Waals surface area contributed by atoms with E-state index in [-0.39, 0.29) is 17.1 Å². The van der Waals surface area contributed by atoms with Crippen molar-refractivity contribution >= 4 is 22.7 Å². The minimum Gasteiger partial charge on any atom is -0.494 e. The first kappa shape index (κ1) is 20.2. The van der Waals surface area contributed by atoms with E-state index in [1.54, 1.807) is 24.3 Å². The van der Waals surface area contributed by atoms with Crippen LogP contribution in [-0.2, 0) is 0 Å². The molecule has 0 radical (unpaired) electrons. The van der Waals surface area contributed by atoms with Crippen LogP contribution < -0.4 is 10.1 Å². The number of hydrogen-bond acceptors (Lipinski definition) is 6. The zero-order valence-corrected chi connectivity index (χ0v) is 15.2. The summed E-state index contributed by atoms with van der Waals surface area (Å²) < 4.78 is 5.68. The van der Waals surface area contributed by atoms with E-state index >= 15 is 0 Å². The highest BCUT2D eigenvalue weighted by Crippen LogP contribution is 2.31. The fraction of sp³-hybridized carbons (Fsp3) is 0.368. The van der Waals surface area contributed by atoms with E-state index in [0.717, 1.165) is 24.7 Å². The molecule has 0 aliphatic carbocycles. The van der Waals surface area contributed by atoms with Crippen LogP contribution >= 0.6 is 0 Å². The summed E-state index contributed by atoms with van der Waals surface area (Å²) in [7, 11) is 0. The third-order valence-electron chi connectivity index (χ3n) is 4.04. The molecular formula is C19H23N3O5. The first-order valence-corrected chi connectivity index (χ1v) is 8.94. The van der Waals surface area contributed by atoms with Crippen molar-refractivity contribution in [3.05, 3.63) is 62.7 Å². The average molecular weight is 373 g/mol. The van der Waals surface area contributed by atoms with E-state index in [1.165, 1.54) is 31.4 Å². The zero-order valence-electron chi connectivity index (χ0n) is 15.2. The number of hydrogen-bond donors (Lipinski definition) is 1. The summed E-state index contributed by atoms with van der Waals surface area (Å²) in [6.07, 6.45) is 5.83. The van der Waals surface area contributed by atoms with Crippen molar-refractivity contribution in [2.45, 2.75) is 39.0 Å². The Balaban J connectivity index is 1.96. The van der Waals surface area contributed by atoms with Crippen molar-refractivity contribution in [1.82, 2.24) is 0 Å². The molecule has 2 aromatic rings. The molecule has 0 spiro atoms. The van der Waals surface area contributed by atoms with Gasteiger partial charge in [0.15, 0.2) is 0 Å². The van der Waals surface area contributed by atoms with Crippen molar-refractivity contribution in [2.24, 2.45) is 0 Å². The molecule has 8 nitrogen and oxygen atoms in total.